The van der Waals surface area contributed by atoms with Crippen molar-refractivity contribution in [2.75, 3.05) is 19.6 Å². The van der Waals surface area contributed by atoms with Crippen molar-refractivity contribution in [2.24, 2.45) is 9.98 Å². The van der Waals surface area contributed by atoms with Gasteiger partial charge in [-0.05, 0) is 58.2 Å². The lowest BCUT2D eigenvalue weighted by molar-refractivity contribution is 0.671. The molecule has 37 heavy (non-hydrogen) atoms. The fourth-order valence-corrected chi connectivity index (χ4v) is 3.03. The lowest BCUT2D eigenvalue weighted by Crippen LogP contribution is -2.25. The minimum absolute atomic E-state index is 0.304. The maximum absolute atomic E-state index is 14.2. The van der Waals surface area contributed by atoms with Crippen molar-refractivity contribution in [3.8, 4) is 0 Å². The first-order valence-corrected chi connectivity index (χ1v) is 13.1. The third-order valence-electron chi connectivity index (χ3n) is 5.00. The van der Waals surface area contributed by atoms with E-state index in [2.05, 4.69) is 58.4 Å². The Morgan fingerprint density at radius 2 is 1.51 bits per heavy atom. The van der Waals surface area contributed by atoms with Crippen LogP contribution >= 0.6 is 0 Å². The number of halogens is 1. The van der Waals surface area contributed by atoms with Crippen LogP contribution in [0.3, 0.4) is 0 Å². The number of rotatable bonds is 11. The lowest BCUT2D eigenvalue weighted by atomic mass is 10.0. The molecule has 0 unspecified atom stereocenters. The van der Waals surface area contributed by atoms with Gasteiger partial charge in [-0.15, -0.1) is 0 Å². The lowest BCUT2D eigenvalue weighted by Gasteiger charge is -2.11. The number of nitrogens with zero attached hydrogens (tertiary/aromatic N) is 2. The van der Waals surface area contributed by atoms with Crippen LogP contribution in [-0.4, -0.2) is 31.6 Å². The van der Waals surface area contributed by atoms with Gasteiger partial charge in [-0.25, -0.2) is 9.38 Å². The Bertz CT molecular complexity index is 1030. The zero-order valence-corrected chi connectivity index (χ0v) is 24.2. The van der Waals surface area contributed by atoms with Crippen LogP contribution in [0.4, 0.5) is 4.39 Å². The van der Waals surface area contributed by atoms with E-state index in [0.717, 1.165) is 42.0 Å². The molecule has 0 saturated carbocycles. The first-order valence-electron chi connectivity index (χ1n) is 13.1. The van der Waals surface area contributed by atoms with Gasteiger partial charge in [0.25, 0.3) is 0 Å². The van der Waals surface area contributed by atoms with Gasteiger partial charge in [0.2, 0.25) is 0 Å². The summed E-state index contributed by atoms with van der Waals surface area (Å²) >= 11 is 0. The highest BCUT2D eigenvalue weighted by Gasteiger charge is 2.07. The number of hydrogen-bond donors (Lipinski definition) is 2. The van der Waals surface area contributed by atoms with E-state index in [9.17, 15) is 4.39 Å². The molecule has 2 aromatic rings. The quantitative estimate of drug-likeness (QED) is 0.240. The van der Waals surface area contributed by atoms with Gasteiger partial charge in [0.1, 0.15) is 0 Å². The van der Waals surface area contributed by atoms with Crippen LogP contribution in [0.5, 0.6) is 0 Å². The van der Waals surface area contributed by atoms with Crippen LogP contribution in [-0.2, 0) is 6.42 Å². The molecule has 202 valence electrons. The van der Waals surface area contributed by atoms with Gasteiger partial charge in [-0.3, -0.25) is 4.99 Å². The number of aryl methyl sites for hydroxylation is 2. The van der Waals surface area contributed by atoms with E-state index >= 15 is 0 Å². The smallest absolute Gasteiger partial charge is 0.162 e. The van der Waals surface area contributed by atoms with E-state index in [1.54, 1.807) is 6.92 Å². The normalized spacial score (nSPS) is 12.0. The molecule has 0 aromatic heterocycles. The summed E-state index contributed by atoms with van der Waals surface area (Å²) in [6.45, 7) is 21.5. The van der Waals surface area contributed by atoms with Crippen molar-refractivity contribution in [1.82, 2.24) is 10.6 Å². The molecule has 0 saturated heterocycles. The fraction of sp³-hybridized carbons (Fsp3) is 0.375. The molecule has 0 aliphatic rings. The first kappa shape index (κ1) is 33.5. The van der Waals surface area contributed by atoms with Crippen LogP contribution in [0, 0.1) is 6.92 Å². The molecule has 2 aromatic carbocycles. The van der Waals surface area contributed by atoms with Crippen molar-refractivity contribution in [3.63, 3.8) is 0 Å². The second-order valence-electron chi connectivity index (χ2n) is 8.17. The van der Waals surface area contributed by atoms with Crippen molar-refractivity contribution in [2.45, 2.75) is 61.8 Å². The first-order chi connectivity index (χ1) is 17.8. The van der Waals surface area contributed by atoms with Gasteiger partial charge in [-0.1, -0.05) is 81.9 Å². The Kier molecular flexibility index (Phi) is 18.8. The monoisotopic (exact) mass is 506 g/mol. The molecule has 5 heteroatoms. The SMILES string of the molecule is C=C(C)NCCN/C(C)=C/C(=N/C(C)=C(\F)C=NCC)c1ccccc1C.CC.CCc1ccccc1. The molecule has 0 fully saturated rings. The Morgan fingerprint density at radius 3 is 2.05 bits per heavy atom. The summed E-state index contributed by atoms with van der Waals surface area (Å²) in [5.74, 6) is -0.424. The predicted molar refractivity (Wildman–Crippen MR) is 162 cm³/mol. The second-order valence-corrected chi connectivity index (χ2v) is 8.17. The standard InChI is InChI=1S/C22H31FN4.C8H10.C2H6/c1-7-24-15-21(23)19(6)27-22(20-11-9-8-10-17(20)4)14-18(5)26-13-12-25-16(2)3;1-2-8-6-4-3-5-7-8;1-2/h8-11,14-15,25-26H,2,7,12-13H2,1,3-6H3;3-7H,2H2,1H3;1-2H3/b18-14+,21-19-,24-15?,27-22-;;. The van der Waals surface area contributed by atoms with Crippen LogP contribution in [0.15, 0.2) is 100 Å². The van der Waals surface area contributed by atoms with E-state index in [1.807, 2.05) is 78.0 Å². The van der Waals surface area contributed by atoms with Gasteiger partial charge in [0.05, 0.1) is 17.6 Å². The molecule has 0 aliphatic heterocycles. The third-order valence-corrected chi connectivity index (χ3v) is 5.00. The highest BCUT2D eigenvalue weighted by atomic mass is 19.1. The van der Waals surface area contributed by atoms with E-state index in [1.165, 1.54) is 11.8 Å². The van der Waals surface area contributed by atoms with Gasteiger partial charge < -0.3 is 10.6 Å². The largest absolute Gasteiger partial charge is 0.387 e. The van der Waals surface area contributed by atoms with Gasteiger partial charge in [-0.2, -0.15) is 0 Å². The Morgan fingerprint density at radius 1 is 0.919 bits per heavy atom. The Hall–Kier alpha value is -3.47. The zero-order chi connectivity index (χ0) is 28.1. The van der Waals surface area contributed by atoms with Crippen LogP contribution in [0.25, 0.3) is 0 Å². The zero-order valence-electron chi connectivity index (χ0n) is 24.2. The van der Waals surface area contributed by atoms with E-state index in [4.69, 9.17) is 0 Å². The fourth-order valence-electron chi connectivity index (χ4n) is 3.03. The summed E-state index contributed by atoms with van der Waals surface area (Å²) in [4.78, 5) is 8.49. The number of allylic oxidation sites excluding steroid dienone is 5. The molecule has 0 aliphatic carbocycles. The molecule has 0 heterocycles. The van der Waals surface area contributed by atoms with E-state index < -0.39 is 5.83 Å². The number of hydrogen-bond acceptors (Lipinski definition) is 4. The number of benzene rings is 2. The number of nitrogens with one attached hydrogen (secondary N) is 2. The summed E-state index contributed by atoms with van der Waals surface area (Å²) < 4.78 is 14.2. The highest BCUT2D eigenvalue weighted by molar-refractivity contribution is 6.10. The van der Waals surface area contributed by atoms with E-state index in [0.29, 0.717) is 18.0 Å². The Balaban J connectivity index is 0.00000108. The molecule has 0 amide bonds. The molecular weight excluding hydrogens is 459 g/mol. The molecule has 0 atom stereocenters. The van der Waals surface area contributed by atoms with Gasteiger partial charge >= 0.3 is 0 Å². The predicted octanol–water partition coefficient (Wildman–Crippen LogP) is 7.97. The van der Waals surface area contributed by atoms with Crippen molar-refractivity contribution < 1.29 is 4.39 Å². The van der Waals surface area contributed by atoms with Crippen LogP contribution in [0.2, 0.25) is 0 Å². The molecule has 0 spiro atoms. The molecule has 4 nitrogen and oxygen atoms in total. The highest BCUT2D eigenvalue weighted by Crippen LogP contribution is 2.14. The number of aliphatic imine (C=N–C) groups is 2. The summed E-state index contributed by atoms with van der Waals surface area (Å²) in [5.41, 5.74) is 6.37. The summed E-state index contributed by atoms with van der Waals surface area (Å²) in [6, 6.07) is 18.4. The molecule has 0 bridgehead atoms. The molecule has 0 radical (unpaired) electrons. The van der Waals surface area contributed by atoms with Crippen molar-refractivity contribution in [1.29, 1.82) is 0 Å². The van der Waals surface area contributed by atoms with E-state index in [-0.39, 0.29) is 0 Å². The topological polar surface area (TPSA) is 48.8 Å². The van der Waals surface area contributed by atoms with Crippen molar-refractivity contribution >= 4 is 11.9 Å². The summed E-state index contributed by atoms with van der Waals surface area (Å²) in [5, 5.41) is 6.51. The van der Waals surface area contributed by atoms with Crippen molar-refractivity contribution in [3.05, 3.63) is 107 Å². The maximum Gasteiger partial charge on any atom is 0.162 e. The molecular formula is C32H47FN4. The molecule has 2 N–H and O–H groups in total. The minimum atomic E-state index is -0.424. The Labute approximate surface area is 225 Å². The van der Waals surface area contributed by atoms with Gasteiger partial charge in [0.15, 0.2) is 5.83 Å². The van der Waals surface area contributed by atoms with Crippen LogP contribution in [0.1, 0.15) is 65.2 Å². The summed E-state index contributed by atoms with van der Waals surface area (Å²) in [7, 11) is 0. The third kappa shape index (κ3) is 15.3. The maximum atomic E-state index is 14.2. The average molecular weight is 507 g/mol. The van der Waals surface area contributed by atoms with Crippen LogP contribution < -0.4 is 10.6 Å². The summed E-state index contributed by atoms with van der Waals surface area (Å²) in [6.07, 6.45) is 4.31. The minimum Gasteiger partial charge on any atom is -0.387 e. The second kappa shape index (κ2) is 20.7. The van der Waals surface area contributed by atoms with Gasteiger partial charge in [0, 0.05) is 36.6 Å². The average Bonchev–Trinajstić information content (AvgIpc) is 2.91. The molecule has 2 rings (SSSR count).